The van der Waals surface area contributed by atoms with Gasteiger partial charge in [-0.1, -0.05) is 11.6 Å². The van der Waals surface area contributed by atoms with Crippen LogP contribution in [0.1, 0.15) is 16.7 Å². The number of nitro benzene ring substituents is 1. The van der Waals surface area contributed by atoms with Crippen molar-refractivity contribution >= 4 is 29.4 Å². The zero-order valence-corrected chi connectivity index (χ0v) is 14.8. The molecule has 0 radical (unpaired) electrons. The average molecular weight is 378 g/mol. The Hall–Kier alpha value is -3.13. The minimum atomic E-state index is -0.614. The summed E-state index contributed by atoms with van der Waals surface area (Å²) in [6.45, 7) is 3.36. The highest BCUT2D eigenvalue weighted by atomic mass is 35.5. The molecule has 0 spiro atoms. The van der Waals surface area contributed by atoms with Gasteiger partial charge in [-0.25, -0.2) is 5.43 Å². The Bertz CT molecular complexity index is 860. The van der Waals surface area contributed by atoms with E-state index in [4.69, 9.17) is 16.3 Å². The number of hydrogen-bond acceptors (Lipinski definition) is 6. The van der Waals surface area contributed by atoms with Crippen molar-refractivity contribution in [2.24, 2.45) is 5.10 Å². The van der Waals surface area contributed by atoms with E-state index < -0.39 is 10.8 Å². The van der Waals surface area contributed by atoms with Gasteiger partial charge in [0.25, 0.3) is 11.6 Å². The lowest BCUT2D eigenvalue weighted by Gasteiger charge is -2.09. The molecule has 0 fully saturated rings. The fraction of sp³-hybridized carbons (Fsp3) is 0.176. The highest BCUT2D eigenvalue weighted by Crippen LogP contribution is 2.25. The highest BCUT2D eigenvalue weighted by Gasteiger charge is 2.12. The van der Waals surface area contributed by atoms with Crippen molar-refractivity contribution in [1.29, 1.82) is 0 Å². The lowest BCUT2D eigenvalue weighted by Crippen LogP contribution is -2.24. The summed E-state index contributed by atoms with van der Waals surface area (Å²) in [7, 11) is 0. The number of phenols is 1. The monoisotopic (exact) mass is 377 g/mol. The van der Waals surface area contributed by atoms with Crippen LogP contribution >= 0.6 is 11.6 Å². The van der Waals surface area contributed by atoms with Gasteiger partial charge in [0.2, 0.25) is 0 Å². The maximum absolute atomic E-state index is 11.8. The number of benzene rings is 2. The Labute approximate surface area is 154 Å². The van der Waals surface area contributed by atoms with Gasteiger partial charge in [-0.15, -0.1) is 0 Å². The van der Waals surface area contributed by atoms with Gasteiger partial charge in [-0.2, -0.15) is 5.10 Å². The number of ether oxygens (including phenoxy) is 1. The topological polar surface area (TPSA) is 114 Å². The molecule has 26 heavy (non-hydrogen) atoms. The number of nitrogens with zero attached hydrogens (tertiary/aromatic N) is 2. The summed E-state index contributed by atoms with van der Waals surface area (Å²) < 4.78 is 5.38. The van der Waals surface area contributed by atoms with E-state index in [9.17, 15) is 20.0 Å². The van der Waals surface area contributed by atoms with Crippen LogP contribution in [-0.4, -0.2) is 28.8 Å². The zero-order valence-electron chi connectivity index (χ0n) is 14.0. The van der Waals surface area contributed by atoms with Gasteiger partial charge in [-0.3, -0.25) is 14.9 Å². The van der Waals surface area contributed by atoms with Crippen LogP contribution in [0.15, 0.2) is 35.4 Å². The second-order valence-electron chi connectivity index (χ2n) is 5.45. The summed E-state index contributed by atoms with van der Waals surface area (Å²) in [5.41, 5.74) is 3.67. The number of nitro groups is 1. The summed E-state index contributed by atoms with van der Waals surface area (Å²) in [6, 6.07) is 6.93. The molecule has 0 saturated heterocycles. The zero-order chi connectivity index (χ0) is 19.3. The molecule has 0 aliphatic rings. The first-order chi connectivity index (χ1) is 12.3. The van der Waals surface area contributed by atoms with Crippen molar-refractivity contribution in [3.05, 3.63) is 62.2 Å². The summed E-state index contributed by atoms with van der Waals surface area (Å²) >= 11 is 6.07. The maximum Gasteiger partial charge on any atom is 0.278 e. The third kappa shape index (κ3) is 4.93. The van der Waals surface area contributed by atoms with Crippen LogP contribution in [-0.2, 0) is 4.79 Å². The molecule has 0 bridgehead atoms. The molecule has 0 aliphatic heterocycles. The second kappa shape index (κ2) is 8.30. The lowest BCUT2D eigenvalue weighted by molar-refractivity contribution is -0.385. The number of hydrazone groups is 1. The molecular formula is C17H16ClN3O5. The molecule has 8 nitrogen and oxygen atoms in total. The minimum Gasteiger partial charge on any atom is -0.508 e. The third-order valence-electron chi connectivity index (χ3n) is 3.38. The molecule has 9 heteroatoms. The van der Waals surface area contributed by atoms with Gasteiger partial charge in [0, 0.05) is 11.1 Å². The number of hydrogen-bond donors (Lipinski definition) is 2. The first-order valence-corrected chi connectivity index (χ1v) is 7.84. The summed E-state index contributed by atoms with van der Waals surface area (Å²) in [5, 5.41) is 24.6. The molecule has 2 N–H and O–H groups in total. The number of amides is 1. The predicted molar refractivity (Wildman–Crippen MR) is 96.9 cm³/mol. The number of carbonyl (C=O) groups is 1. The number of carbonyl (C=O) groups excluding carboxylic acids is 1. The lowest BCUT2D eigenvalue weighted by atomic mass is 10.1. The molecular weight excluding hydrogens is 362 g/mol. The number of aromatic hydroxyl groups is 1. The standard InChI is InChI=1S/C17H16ClN3O5/c1-10-5-14(6-11(2)17(10)18)26-9-16(23)20-19-8-12-7-13(22)3-4-15(12)21(24)25/h3-8,22H,9H2,1-2H3,(H,20,23)/b19-8+. The van der Waals surface area contributed by atoms with Crippen LogP contribution in [0.2, 0.25) is 5.02 Å². The molecule has 0 unspecified atom stereocenters. The van der Waals surface area contributed by atoms with Gasteiger partial charge in [0.05, 0.1) is 16.7 Å². The van der Waals surface area contributed by atoms with Crippen LogP contribution in [0.5, 0.6) is 11.5 Å². The Morgan fingerprint density at radius 2 is 2.00 bits per heavy atom. The van der Waals surface area contributed by atoms with E-state index in [1.807, 2.05) is 13.8 Å². The minimum absolute atomic E-state index is 0.0557. The van der Waals surface area contributed by atoms with Crippen molar-refractivity contribution in [2.75, 3.05) is 6.61 Å². The van der Waals surface area contributed by atoms with E-state index in [1.165, 1.54) is 12.1 Å². The fourth-order valence-corrected chi connectivity index (χ4v) is 2.27. The second-order valence-corrected chi connectivity index (χ2v) is 5.83. The number of aryl methyl sites for hydroxylation is 2. The van der Waals surface area contributed by atoms with Crippen molar-refractivity contribution < 1.29 is 19.6 Å². The molecule has 2 rings (SSSR count). The van der Waals surface area contributed by atoms with E-state index in [1.54, 1.807) is 12.1 Å². The maximum atomic E-state index is 11.8. The van der Waals surface area contributed by atoms with Crippen molar-refractivity contribution in [3.8, 4) is 11.5 Å². The smallest absolute Gasteiger partial charge is 0.278 e. The van der Waals surface area contributed by atoms with E-state index in [2.05, 4.69) is 10.5 Å². The quantitative estimate of drug-likeness (QED) is 0.456. The average Bonchev–Trinajstić information content (AvgIpc) is 2.57. The van der Waals surface area contributed by atoms with Crippen molar-refractivity contribution in [3.63, 3.8) is 0 Å². The molecule has 1 amide bonds. The Balaban J connectivity index is 1.96. The molecule has 0 atom stereocenters. The summed E-state index contributed by atoms with van der Waals surface area (Å²) in [5.74, 6) is -0.207. The molecule has 136 valence electrons. The highest BCUT2D eigenvalue weighted by molar-refractivity contribution is 6.32. The largest absolute Gasteiger partial charge is 0.508 e. The van der Waals surface area contributed by atoms with Gasteiger partial charge in [0.15, 0.2) is 6.61 Å². The van der Waals surface area contributed by atoms with E-state index in [0.717, 1.165) is 23.4 Å². The first kappa shape index (κ1) is 19.2. The normalized spacial score (nSPS) is 10.7. The third-order valence-corrected chi connectivity index (χ3v) is 3.98. The van der Waals surface area contributed by atoms with E-state index in [0.29, 0.717) is 10.8 Å². The first-order valence-electron chi connectivity index (χ1n) is 7.47. The summed E-state index contributed by atoms with van der Waals surface area (Å²) in [4.78, 5) is 22.1. The number of phenolic OH excluding ortho intramolecular Hbond substituents is 1. The SMILES string of the molecule is Cc1cc(OCC(=O)N/N=C/c2cc(O)ccc2[N+](=O)[O-])cc(C)c1Cl. The van der Waals surface area contributed by atoms with Crippen molar-refractivity contribution in [2.45, 2.75) is 13.8 Å². The van der Waals surface area contributed by atoms with Crippen LogP contribution < -0.4 is 10.2 Å². The molecule has 0 aliphatic carbocycles. The van der Waals surface area contributed by atoms with E-state index in [-0.39, 0.29) is 23.6 Å². The van der Waals surface area contributed by atoms with Crippen LogP contribution in [0.3, 0.4) is 0 Å². The summed E-state index contributed by atoms with van der Waals surface area (Å²) in [6.07, 6.45) is 1.08. The number of nitrogens with one attached hydrogen (secondary N) is 1. The Kier molecular flexibility index (Phi) is 6.13. The van der Waals surface area contributed by atoms with Gasteiger partial charge in [-0.05, 0) is 49.2 Å². The Morgan fingerprint density at radius 3 is 2.62 bits per heavy atom. The number of halogens is 1. The van der Waals surface area contributed by atoms with Gasteiger partial charge in [0.1, 0.15) is 11.5 Å². The van der Waals surface area contributed by atoms with Crippen LogP contribution in [0.25, 0.3) is 0 Å². The molecule has 2 aromatic rings. The predicted octanol–water partition coefficient (Wildman–Crippen LogP) is 3.10. The van der Waals surface area contributed by atoms with Gasteiger partial charge >= 0.3 is 0 Å². The van der Waals surface area contributed by atoms with Gasteiger partial charge < -0.3 is 9.84 Å². The van der Waals surface area contributed by atoms with Crippen LogP contribution in [0.4, 0.5) is 5.69 Å². The Morgan fingerprint density at radius 1 is 1.35 bits per heavy atom. The fourth-order valence-electron chi connectivity index (χ4n) is 2.16. The van der Waals surface area contributed by atoms with Crippen LogP contribution in [0, 0.1) is 24.0 Å². The molecule has 0 aromatic heterocycles. The molecule has 2 aromatic carbocycles. The molecule has 0 saturated carbocycles. The molecule has 0 heterocycles. The number of rotatable bonds is 6. The van der Waals surface area contributed by atoms with E-state index >= 15 is 0 Å². The van der Waals surface area contributed by atoms with Crippen molar-refractivity contribution in [1.82, 2.24) is 5.43 Å².